The van der Waals surface area contributed by atoms with Crippen LogP contribution in [0.1, 0.15) is 0 Å². The van der Waals surface area contributed by atoms with Gasteiger partial charge >= 0.3 is 6.18 Å². The molecular weight excluding hydrogens is 297 g/mol. The van der Waals surface area contributed by atoms with Crippen LogP contribution in [-0.2, 0) is 13.6 Å². The van der Waals surface area contributed by atoms with Crippen molar-refractivity contribution in [1.82, 2.24) is 19.3 Å². The number of hydrogen-bond acceptors (Lipinski definition) is 5. The molecule has 2 heterocycles. The molecule has 0 spiro atoms. The van der Waals surface area contributed by atoms with Gasteiger partial charge < -0.3 is 5.11 Å². The normalized spacial score (nSPS) is 13.9. The maximum atomic E-state index is 12.3. The van der Waals surface area contributed by atoms with Crippen molar-refractivity contribution < 1.29 is 18.3 Å². The number of alkyl halides is 3. The Morgan fingerprint density at radius 1 is 1.50 bits per heavy atom. The summed E-state index contributed by atoms with van der Waals surface area (Å²) in [7, 11) is 1.59. The summed E-state index contributed by atoms with van der Waals surface area (Å²) >= 11 is 1.20. The molecule has 0 saturated heterocycles. The molecule has 2 rings (SSSR count). The lowest BCUT2D eigenvalue weighted by Gasteiger charge is -2.15. The van der Waals surface area contributed by atoms with E-state index in [0.717, 1.165) is 10.9 Å². The number of fused-ring (bicyclic) bond motifs is 1. The molecule has 20 heavy (non-hydrogen) atoms. The second-order valence-corrected chi connectivity index (χ2v) is 4.89. The Balaban J connectivity index is 2.52. The number of rotatable bonds is 3. The van der Waals surface area contributed by atoms with Crippen molar-refractivity contribution in [3.05, 3.63) is 16.7 Å². The highest BCUT2D eigenvalue weighted by atomic mass is 32.2. The quantitative estimate of drug-likeness (QED) is 0.848. The Hall–Kier alpha value is -1.55. The summed E-state index contributed by atoms with van der Waals surface area (Å²) in [5.74, 6) is 0. The summed E-state index contributed by atoms with van der Waals surface area (Å²) in [6, 6.07) is 0. The maximum Gasteiger partial charge on any atom is 0.416 e. The predicted molar refractivity (Wildman–Crippen MR) is 66.6 cm³/mol. The first-order chi connectivity index (χ1) is 9.25. The van der Waals surface area contributed by atoms with Gasteiger partial charge in [0.25, 0.3) is 5.56 Å². The van der Waals surface area contributed by atoms with E-state index in [1.54, 1.807) is 13.3 Å². The van der Waals surface area contributed by atoms with Crippen LogP contribution < -0.4 is 5.56 Å². The first kappa shape index (κ1) is 14.9. The van der Waals surface area contributed by atoms with Gasteiger partial charge in [0.15, 0.2) is 11.8 Å². The second-order valence-electron chi connectivity index (χ2n) is 4.09. The Kier molecular flexibility index (Phi) is 3.78. The standard InChI is InChI=1S/C10H11F3N4O2S/c1-16-7-6(8(15-16)20-2)9(19)17(4-14-7)3-5(18)10(11,12)13/h4-5,18H,3H2,1-2H3. The summed E-state index contributed by atoms with van der Waals surface area (Å²) < 4.78 is 39.1. The summed E-state index contributed by atoms with van der Waals surface area (Å²) in [4.78, 5) is 16.1. The summed E-state index contributed by atoms with van der Waals surface area (Å²) in [6.45, 7) is -0.895. The first-order valence-corrected chi connectivity index (χ1v) is 6.69. The molecule has 1 N–H and O–H groups in total. The fraction of sp³-hybridized carbons (Fsp3) is 0.500. The van der Waals surface area contributed by atoms with Crippen molar-refractivity contribution in [3.8, 4) is 0 Å². The van der Waals surface area contributed by atoms with E-state index in [1.165, 1.54) is 16.4 Å². The minimum absolute atomic E-state index is 0.150. The van der Waals surface area contributed by atoms with E-state index in [9.17, 15) is 18.0 Å². The molecule has 0 aliphatic carbocycles. The van der Waals surface area contributed by atoms with Gasteiger partial charge in [-0.25, -0.2) is 9.67 Å². The third kappa shape index (κ3) is 2.52. The lowest BCUT2D eigenvalue weighted by atomic mass is 10.3. The van der Waals surface area contributed by atoms with E-state index in [1.807, 2.05) is 0 Å². The number of aliphatic hydroxyl groups excluding tert-OH is 1. The molecule has 1 unspecified atom stereocenters. The van der Waals surface area contributed by atoms with E-state index in [2.05, 4.69) is 10.1 Å². The average Bonchev–Trinajstić information content (AvgIpc) is 2.69. The monoisotopic (exact) mass is 308 g/mol. The maximum absolute atomic E-state index is 12.3. The summed E-state index contributed by atoms with van der Waals surface area (Å²) in [5.41, 5.74) is -0.368. The summed E-state index contributed by atoms with van der Waals surface area (Å²) in [5, 5.41) is 13.6. The molecule has 110 valence electrons. The van der Waals surface area contributed by atoms with Gasteiger partial charge in [-0.05, 0) is 6.26 Å². The molecule has 0 aliphatic rings. The number of aryl methyl sites for hydroxylation is 1. The zero-order valence-corrected chi connectivity index (χ0v) is 11.4. The lowest BCUT2D eigenvalue weighted by Crippen LogP contribution is -2.36. The molecule has 0 bridgehead atoms. The van der Waals surface area contributed by atoms with E-state index in [4.69, 9.17) is 5.11 Å². The predicted octanol–water partition coefficient (Wildman–Crippen LogP) is 0.775. The van der Waals surface area contributed by atoms with Gasteiger partial charge in [0.1, 0.15) is 16.7 Å². The Morgan fingerprint density at radius 3 is 2.70 bits per heavy atom. The fourth-order valence-electron chi connectivity index (χ4n) is 1.71. The van der Waals surface area contributed by atoms with E-state index < -0.39 is 24.4 Å². The minimum Gasteiger partial charge on any atom is -0.382 e. The van der Waals surface area contributed by atoms with Crippen LogP contribution >= 0.6 is 11.8 Å². The van der Waals surface area contributed by atoms with E-state index >= 15 is 0 Å². The van der Waals surface area contributed by atoms with Gasteiger partial charge in [-0.2, -0.15) is 18.3 Å². The van der Waals surface area contributed by atoms with Crippen molar-refractivity contribution in [1.29, 1.82) is 0 Å². The number of hydrogen-bond donors (Lipinski definition) is 1. The van der Waals surface area contributed by atoms with Gasteiger partial charge in [-0.15, -0.1) is 11.8 Å². The largest absolute Gasteiger partial charge is 0.416 e. The molecule has 0 amide bonds. The molecular formula is C10H11F3N4O2S. The Labute approximate surface area is 115 Å². The molecule has 0 fully saturated rings. The molecule has 2 aromatic heterocycles. The molecule has 1 atom stereocenters. The number of aliphatic hydroxyl groups is 1. The van der Waals surface area contributed by atoms with E-state index in [-0.39, 0.29) is 11.0 Å². The molecule has 0 aromatic carbocycles. The molecule has 6 nitrogen and oxygen atoms in total. The highest BCUT2D eigenvalue weighted by Crippen LogP contribution is 2.22. The van der Waals surface area contributed by atoms with Gasteiger partial charge in [0, 0.05) is 7.05 Å². The highest BCUT2D eigenvalue weighted by molar-refractivity contribution is 7.98. The van der Waals surface area contributed by atoms with Crippen molar-refractivity contribution in [3.63, 3.8) is 0 Å². The van der Waals surface area contributed by atoms with Crippen LogP contribution in [0, 0.1) is 0 Å². The van der Waals surface area contributed by atoms with E-state index in [0.29, 0.717) is 5.03 Å². The topological polar surface area (TPSA) is 72.9 Å². The van der Waals surface area contributed by atoms with Gasteiger partial charge in [-0.3, -0.25) is 9.36 Å². The zero-order chi connectivity index (χ0) is 15.1. The van der Waals surface area contributed by atoms with Gasteiger partial charge in [0.05, 0.1) is 6.54 Å². The van der Waals surface area contributed by atoms with Crippen molar-refractivity contribution >= 4 is 22.8 Å². The molecule has 0 radical (unpaired) electrons. The second kappa shape index (κ2) is 5.09. The van der Waals surface area contributed by atoms with Crippen LogP contribution in [0.25, 0.3) is 11.0 Å². The van der Waals surface area contributed by atoms with Gasteiger partial charge in [-0.1, -0.05) is 0 Å². The molecule has 2 aromatic rings. The molecule has 0 aliphatic heterocycles. The van der Waals surface area contributed by atoms with Crippen LogP contribution in [0.5, 0.6) is 0 Å². The highest BCUT2D eigenvalue weighted by Gasteiger charge is 2.38. The summed E-state index contributed by atoms with van der Waals surface area (Å²) in [6.07, 6.45) is -4.73. The number of nitrogens with zero attached hydrogens (tertiary/aromatic N) is 4. The van der Waals surface area contributed by atoms with Crippen molar-refractivity contribution in [2.75, 3.05) is 6.26 Å². The SMILES string of the molecule is CSc1nn(C)c2ncn(CC(O)C(F)(F)F)c(=O)c12. The number of aromatic nitrogens is 4. The zero-order valence-electron chi connectivity index (χ0n) is 10.5. The number of halogens is 3. The van der Waals surface area contributed by atoms with Crippen LogP contribution in [0.2, 0.25) is 0 Å². The first-order valence-electron chi connectivity index (χ1n) is 5.46. The fourth-order valence-corrected chi connectivity index (χ4v) is 2.30. The van der Waals surface area contributed by atoms with Gasteiger partial charge in [0.2, 0.25) is 0 Å². The Morgan fingerprint density at radius 2 is 2.15 bits per heavy atom. The van der Waals surface area contributed by atoms with Crippen LogP contribution in [0.4, 0.5) is 13.2 Å². The third-order valence-corrected chi connectivity index (χ3v) is 3.39. The van der Waals surface area contributed by atoms with Crippen LogP contribution in [0.3, 0.4) is 0 Å². The number of thioether (sulfide) groups is 1. The van der Waals surface area contributed by atoms with Crippen LogP contribution in [0.15, 0.2) is 16.1 Å². The average molecular weight is 308 g/mol. The minimum atomic E-state index is -4.79. The molecule has 10 heteroatoms. The Bertz CT molecular complexity index is 694. The third-order valence-electron chi connectivity index (χ3n) is 2.72. The van der Waals surface area contributed by atoms with Crippen LogP contribution in [-0.4, -0.2) is 43.0 Å². The van der Waals surface area contributed by atoms with Crippen molar-refractivity contribution in [2.45, 2.75) is 23.9 Å². The lowest BCUT2D eigenvalue weighted by molar-refractivity contribution is -0.207. The van der Waals surface area contributed by atoms with Crippen molar-refractivity contribution in [2.24, 2.45) is 7.05 Å². The smallest absolute Gasteiger partial charge is 0.382 e. The molecule has 0 saturated carbocycles.